The Morgan fingerprint density at radius 2 is 0.509 bits per heavy atom. The fourth-order valence-corrected chi connectivity index (χ4v) is 38.5. The van der Waals surface area contributed by atoms with Gasteiger partial charge in [0.25, 0.3) is 0 Å². The summed E-state index contributed by atoms with van der Waals surface area (Å²) >= 11 is 0. The van der Waals surface area contributed by atoms with Crippen LogP contribution in [0.3, 0.4) is 0 Å². The number of hydrogen-bond acceptors (Lipinski definition) is 3. The minimum Gasteiger partial charge on any atom is -0.295 e. The van der Waals surface area contributed by atoms with Crippen molar-refractivity contribution in [3.05, 3.63) is 0 Å². The lowest BCUT2D eigenvalue weighted by Crippen LogP contribution is -2.76. The van der Waals surface area contributed by atoms with Crippen LogP contribution in [0.25, 0.3) is 0 Å². The summed E-state index contributed by atoms with van der Waals surface area (Å²) in [5.41, 5.74) is 1.76. The zero-order chi connectivity index (χ0) is 72.2. The quantitative estimate of drug-likeness (QED) is 0.235. The molecule has 0 aromatic rings. The number of rotatable bonds is 7. The fourth-order valence-electron chi connectivity index (χ4n) is 38.5. The van der Waals surface area contributed by atoms with Crippen molar-refractivity contribution in [1.29, 1.82) is 0 Å². The van der Waals surface area contributed by atoms with E-state index in [0.717, 1.165) is 232 Å². The highest BCUT2D eigenvalue weighted by atomic mass is 15.3. The maximum Gasteiger partial charge on any atom is 0.156 e. The largest absolute Gasteiger partial charge is 0.295 e. The van der Waals surface area contributed by atoms with Crippen LogP contribution in [-0.4, -0.2) is 75.8 Å². The lowest BCUT2D eigenvalue weighted by Gasteiger charge is -2.71. The van der Waals surface area contributed by atoms with Crippen molar-refractivity contribution in [2.75, 3.05) is 0 Å². The van der Waals surface area contributed by atoms with Crippen molar-refractivity contribution < 1.29 is 0 Å². The van der Waals surface area contributed by atoms with Gasteiger partial charge in [-0.15, -0.1) is 0 Å². The van der Waals surface area contributed by atoms with E-state index in [9.17, 15) is 0 Å². The van der Waals surface area contributed by atoms with E-state index in [-0.39, 0.29) is 0 Å². The predicted octanol–water partition coefficient (Wildman–Crippen LogP) is 27.0. The maximum absolute atomic E-state index is 3.80. The van der Waals surface area contributed by atoms with Crippen LogP contribution in [-0.2, 0) is 0 Å². The van der Waals surface area contributed by atoms with Crippen molar-refractivity contribution in [3.63, 3.8) is 0 Å². The van der Waals surface area contributed by atoms with Gasteiger partial charge >= 0.3 is 0 Å². The van der Waals surface area contributed by atoms with E-state index in [1.807, 2.05) is 0 Å². The molecule has 3 saturated heterocycles. The molecule has 3 aliphatic heterocycles. The molecule has 0 aromatic carbocycles. The molecule has 0 radical (unpaired) electrons. The molecule has 596 valence electrons. The number of nitrogens with zero attached hydrogens (tertiary/aromatic N) is 3. The Hall–Kier alpha value is -0.0551. The fraction of sp³-hybridized carbons (Fsp3) is 1.00. The molecule has 3 heterocycles. The zero-order valence-corrected chi connectivity index (χ0v) is 71.8. The molecule has 20 rings (SSSR count). The second kappa shape index (κ2) is 28.9. The van der Waals surface area contributed by atoms with E-state index in [4.69, 9.17) is 0 Å². The van der Waals surface area contributed by atoms with Gasteiger partial charge in [-0.3, -0.25) is 14.7 Å². The van der Waals surface area contributed by atoms with Crippen molar-refractivity contribution >= 4 is 6.71 Å². The van der Waals surface area contributed by atoms with Gasteiger partial charge in [-0.25, -0.2) is 0 Å². The summed E-state index contributed by atoms with van der Waals surface area (Å²) in [7, 11) is 0. The number of likely N-dealkylation sites (tertiary alicyclic amines) is 1. The molecule has 0 N–H and O–H groups in total. The molecular formula is C102H170BN3. The number of hydrogen-bond donors (Lipinski definition) is 0. The highest BCUT2D eigenvalue weighted by Gasteiger charge is 2.70. The molecule has 17 saturated carbocycles. The summed E-state index contributed by atoms with van der Waals surface area (Å²) in [6, 6.07) is 7.69. The Bertz CT molecular complexity index is 2790. The molecule has 30 atom stereocenters. The standard InChI is InChI=1S/C102H170BN3/c1-99(2,3)73-47-67-31-33-69-49-75(101(7,8)9)57-84-82(53-71(51-73)94(67)96(69)84)65-39-45-90-86(55-65)103-87-56-66(83-54-72-52-74(100(4,5)6)48-68-32-34-70-50-76(102(10,11)12)58-85(83)97(70)95(68)72)40-46-91(87)105(78-43-37-64(38-44-78)62-25-17-14-18-26-62)93-60-79(106-88-29-21-19-27-80(88)81-28-20-22-30-89(81)106)59-92(98(93)103)104(90)77-41-35-63(36-42-77)61-23-15-13-16-24-61/h61-98H,13-60H2,1-12H3. The van der Waals surface area contributed by atoms with Gasteiger partial charge in [0.05, 0.1) is 0 Å². The zero-order valence-electron chi connectivity index (χ0n) is 71.8. The Balaban J connectivity index is 0.722. The van der Waals surface area contributed by atoms with Crippen LogP contribution in [0.1, 0.15) is 391 Å². The molecule has 0 spiro atoms. The van der Waals surface area contributed by atoms with E-state index in [2.05, 4.69) is 97.8 Å². The summed E-state index contributed by atoms with van der Waals surface area (Å²) in [5, 5.41) is 0. The summed E-state index contributed by atoms with van der Waals surface area (Å²) in [4.78, 5) is 11.2. The average molecular weight is 1450 g/mol. The van der Waals surface area contributed by atoms with Crippen molar-refractivity contribution in [2.24, 2.45) is 176 Å². The van der Waals surface area contributed by atoms with Crippen molar-refractivity contribution in [2.45, 2.75) is 463 Å². The monoisotopic (exact) mass is 1450 g/mol. The summed E-state index contributed by atoms with van der Waals surface area (Å²) in [6.07, 6.45) is 75.8. The van der Waals surface area contributed by atoms with E-state index in [1.165, 1.54) is 51.4 Å². The molecule has 0 aromatic heterocycles. The van der Waals surface area contributed by atoms with Gasteiger partial charge in [-0.2, -0.15) is 0 Å². The van der Waals surface area contributed by atoms with Gasteiger partial charge < -0.3 is 0 Å². The molecule has 4 heteroatoms. The van der Waals surface area contributed by atoms with E-state index in [1.54, 1.807) is 257 Å². The normalized spacial score (nSPS) is 52.6. The summed E-state index contributed by atoms with van der Waals surface area (Å²) in [5.74, 6) is 29.0. The third-order valence-electron chi connectivity index (χ3n) is 42.9. The predicted molar refractivity (Wildman–Crippen MR) is 447 cm³/mol. The van der Waals surface area contributed by atoms with Gasteiger partial charge in [0.15, 0.2) is 6.71 Å². The third-order valence-corrected chi connectivity index (χ3v) is 42.9. The Morgan fingerprint density at radius 1 is 0.198 bits per heavy atom. The van der Waals surface area contributed by atoms with Crippen LogP contribution in [0.2, 0.25) is 17.5 Å². The van der Waals surface area contributed by atoms with Gasteiger partial charge in [-0.1, -0.05) is 186 Å². The molecular weight excluding hydrogens is 1280 g/mol. The van der Waals surface area contributed by atoms with E-state index in [0.29, 0.717) is 21.7 Å². The highest BCUT2D eigenvalue weighted by molar-refractivity contribution is 6.65. The Morgan fingerprint density at radius 3 is 0.896 bits per heavy atom. The highest BCUT2D eigenvalue weighted by Crippen LogP contribution is 2.73. The molecule has 20 aliphatic rings. The van der Waals surface area contributed by atoms with Gasteiger partial charge in [0.2, 0.25) is 0 Å². The third kappa shape index (κ3) is 13.1. The average Bonchev–Trinajstić information content (AvgIpc) is 0.775. The van der Waals surface area contributed by atoms with Crippen molar-refractivity contribution in [1.82, 2.24) is 14.7 Å². The topological polar surface area (TPSA) is 9.72 Å². The van der Waals surface area contributed by atoms with Crippen LogP contribution in [0, 0.1) is 176 Å². The first-order valence-corrected chi connectivity index (χ1v) is 50.4. The first-order valence-electron chi connectivity index (χ1n) is 50.4. The lowest BCUT2D eigenvalue weighted by molar-refractivity contribution is -0.155. The minimum absolute atomic E-state index is 0.434. The van der Waals surface area contributed by atoms with Crippen molar-refractivity contribution in [3.8, 4) is 0 Å². The summed E-state index contributed by atoms with van der Waals surface area (Å²) < 4.78 is 0. The molecule has 17 aliphatic carbocycles. The van der Waals surface area contributed by atoms with E-state index >= 15 is 0 Å². The second-order valence-electron chi connectivity index (χ2n) is 50.6. The van der Waals surface area contributed by atoms with Gasteiger partial charge in [-0.05, 0) is 398 Å². The van der Waals surface area contributed by atoms with Crippen LogP contribution in [0.15, 0.2) is 0 Å². The summed E-state index contributed by atoms with van der Waals surface area (Å²) in [6.45, 7) is 33.5. The number of fused-ring (bicyclic) bond motifs is 7. The van der Waals surface area contributed by atoms with Crippen LogP contribution < -0.4 is 0 Å². The van der Waals surface area contributed by atoms with Gasteiger partial charge in [0, 0.05) is 54.4 Å². The first-order chi connectivity index (χ1) is 51.1. The van der Waals surface area contributed by atoms with Gasteiger partial charge in [0.1, 0.15) is 0 Å². The Kier molecular flexibility index (Phi) is 20.4. The molecule has 20 fully saturated rings. The molecule has 30 unspecified atom stereocenters. The smallest absolute Gasteiger partial charge is 0.156 e. The molecule has 0 amide bonds. The van der Waals surface area contributed by atoms with Crippen LogP contribution in [0.5, 0.6) is 0 Å². The maximum atomic E-state index is 3.80. The van der Waals surface area contributed by atoms with Crippen LogP contribution in [0.4, 0.5) is 0 Å². The lowest BCUT2D eigenvalue weighted by atomic mass is 9.18. The first kappa shape index (κ1) is 74.7. The molecule has 0 bridgehead atoms. The van der Waals surface area contributed by atoms with E-state index < -0.39 is 0 Å². The molecule has 3 nitrogen and oxygen atoms in total. The Labute approximate surface area is 656 Å². The minimum atomic E-state index is 0.434. The SMILES string of the molecule is CC(C)(C)C1CC2CCC3CC(C(C)(C)C)CC4C(C5CCC6C(C5)B5C7CC(C8CC9CC(C(C)(C)C)CC%10CCC%11CC(C(C)(C)C)CC8C%11C%109)CCC7N(C7CCC(C8CCCCC8)CC7)C7CC(N8C9CCCCC9C9CCCCC98)CC(C57)N6C5CCC(C6CCCCC6)CC5)CC(C1)C2C34. The van der Waals surface area contributed by atoms with Crippen LogP contribution >= 0.6 is 0 Å². The second-order valence-corrected chi connectivity index (χ2v) is 50.6. The molecule has 106 heavy (non-hydrogen) atoms.